The molecule has 0 radical (unpaired) electrons. The van der Waals surface area contributed by atoms with Gasteiger partial charge >= 0.3 is 0 Å². The van der Waals surface area contributed by atoms with Gasteiger partial charge in [-0.15, -0.1) is 0 Å². The lowest BCUT2D eigenvalue weighted by Crippen LogP contribution is -2.32. The molecule has 1 unspecified atom stereocenters. The number of rotatable bonds is 3. The molecule has 1 aliphatic heterocycles. The molecule has 1 amide bonds. The third-order valence-electron chi connectivity index (χ3n) is 4.08. The van der Waals surface area contributed by atoms with Crippen LogP contribution in [-0.2, 0) is 0 Å². The van der Waals surface area contributed by atoms with Gasteiger partial charge in [-0.25, -0.2) is 4.39 Å². The molecule has 110 valence electrons. The number of hydrogen-bond acceptors (Lipinski definition) is 2. The number of hydrogen-bond donors (Lipinski definition) is 1. The average Bonchev–Trinajstić information content (AvgIpc) is 2.67. The van der Waals surface area contributed by atoms with E-state index in [1.165, 1.54) is 31.4 Å². The Kier molecular flexibility index (Phi) is 4.99. The van der Waals surface area contributed by atoms with Gasteiger partial charge in [0, 0.05) is 18.7 Å². The topological polar surface area (TPSA) is 46.3 Å². The number of likely N-dealkylation sites (tertiary alicyclic amines) is 1. The number of anilines is 1. The molecule has 1 aromatic rings. The molecular weight excluding hydrogens is 255 g/mol. The van der Waals surface area contributed by atoms with E-state index in [1.54, 1.807) is 6.07 Å². The molecule has 0 spiro atoms. The predicted molar refractivity (Wildman–Crippen MR) is 79.0 cm³/mol. The van der Waals surface area contributed by atoms with Gasteiger partial charge in [0.2, 0.25) is 0 Å². The number of nitrogens with zero attached hydrogens (tertiary/aromatic N) is 1. The van der Waals surface area contributed by atoms with Gasteiger partial charge in [-0.05, 0) is 43.4 Å². The van der Waals surface area contributed by atoms with E-state index in [-0.39, 0.29) is 11.6 Å². The van der Waals surface area contributed by atoms with Crippen LogP contribution in [-0.4, -0.2) is 23.9 Å². The highest BCUT2D eigenvalue weighted by atomic mass is 19.1. The number of nitrogens with two attached hydrogens (primary N) is 1. The second-order valence-corrected chi connectivity index (χ2v) is 5.61. The molecule has 4 heteroatoms. The van der Waals surface area contributed by atoms with Gasteiger partial charge in [-0.3, -0.25) is 4.79 Å². The Labute approximate surface area is 120 Å². The number of carbonyl (C=O) groups excluding carboxylic acids is 1. The van der Waals surface area contributed by atoms with E-state index in [9.17, 15) is 9.18 Å². The van der Waals surface area contributed by atoms with E-state index in [1.807, 2.05) is 4.90 Å². The molecule has 0 saturated carbocycles. The van der Waals surface area contributed by atoms with Crippen molar-refractivity contribution in [1.29, 1.82) is 0 Å². The molecule has 0 aromatic heterocycles. The van der Waals surface area contributed by atoms with Gasteiger partial charge in [-0.1, -0.05) is 19.8 Å². The third-order valence-corrected chi connectivity index (χ3v) is 4.08. The highest BCUT2D eigenvalue weighted by Crippen LogP contribution is 2.23. The van der Waals surface area contributed by atoms with Crippen molar-refractivity contribution in [2.45, 2.75) is 39.0 Å². The van der Waals surface area contributed by atoms with E-state index in [0.29, 0.717) is 5.56 Å². The summed E-state index contributed by atoms with van der Waals surface area (Å²) in [6.45, 7) is 3.74. The maximum absolute atomic E-state index is 13.5. The molecule has 3 nitrogen and oxygen atoms in total. The molecule has 2 N–H and O–H groups in total. The van der Waals surface area contributed by atoms with Crippen LogP contribution < -0.4 is 5.73 Å². The van der Waals surface area contributed by atoms with Crippen molar-refractivity contribution in [1.82, 2.24) is 4.90 Å². The lowest BCUT2D eigenvalue weighted by Gasteiger charge is -2.21. The van der Waals surface area contributed by atoms with Crippen molar-refractivity contribution < 1.29 is 9.18 Å². The van der Waals surface area contributed by atoms with E-state index in [0.717, 1.165) is 31.8 Å². The van der Waals surface area contributed by atoms with E-state index >= 15 is 0 Å². The molecule has 1 aromatic carbocycles. The van der Waals surface area contributed by atoms with Crippen LogP contribution in [0.4, 0.5) is 10.1 Å². The smallest absolute Gasteiger partial charge is 0.253 e. The first-order chi connectivity index (χ1) is 9.61. The van der Waals surface area contributed by atoms with Crippen LogP contribution in [0.2, 0.25) is 0 Å². The molecule has 0 aliphatic carbocycles. The number of benzene rings is 1. The molecule has 1 fully saturated rings. The molecule has 1 heterocycles. The Morgan fingerprint density at radius 1 is 1.40 bits per heavy atom. The van der Waals surface area contributed by atoms with Crippen LogP contribution in [0.3, 0.4) is 0 Å². The Hall–Kier alpha value is -1.58. The monoisotopic (exact) mass is 278 g/mol. The van der Waals surface area contributed by atoms with Gasteiger partial charge in [0.05, 0.1) is 5.69 Å². The van der Waals surface area contributed by atoms with Gasteiger partial charge in [-0.2, -0.15) is 0 Å². The Balaban J connectivity index is 2.03. The molecule has 1 aliphatic rings. The van der Waals surface area contributed by atoms with Crippen LogP contribution in [0.15, 0.2) is 18.2 Å². The van der Waals surface area contributed by atoms with Crippen molar-refractivity contribution in [2.24, 2.45) is 5.92 Å². The fraction of sp³-hybridized carbons (Fsp3) is 0.562. The number of halogens is 1. The lowest BCUT2D eigenvalue weighted by atomic mass is 9.96. The summed E-state index contributed by atoms with van der Waals surface area (Å²) >= 11 is 0. The zero-order valence-electron chi connectivity index (χ0n) is 12.1. The van der Waals surface area contributed by atoms with Crippen molar-refractivity contribution in [2.75, 3.05) is 18.8 Å². The minimum Gasteiger partial charge on any atom is -0.396 e. The van der Waals surface area contributed by atoms with Gasteiger partial charge in [0.15, 0.2) is 0 Å². The number of amides is 1. The number of carbonyl (C=O) groups is 1. The third kappa shape index (κ3) is 3.50. The zero-order valence-corrected chi connectivity index (χ0v) is 12.1. The second-order valence-electron chi connectivity index (χ2n) is 5.61. The molecule has 20 heavy (non-hydrogen) atoms. The largest absolute Gasteiger partial charge is 0.396 e. The van der Waals surface area contributed by atoms with Crippen LogP contribution in [0, 0.1) is 11.7 Å². The van der Waals surface area contributed by atoms with Crippen molar-refractivity contribution in [3.05, 3.63) is 29.6 Å². The van der Waals surface area contributed by atoms with E-state index in [2.05, 4.69) is 6.92 Å². The summed E-state index contributed by atoms with van der Waals surface area (Å²) in [6, 6.07) is 4.31. The van der Waals surface area contributed by atoms with Crippen LogP contribution >= 0.6 is 0 Å². The van der Waals surface area contributed by atoms with E-state index in [4.69, 9.17) is 5.73 Å². The fourth-order valence-electron chi connectivity index (χ4n) is 2.91. The van der Waals surface area contributed by atoms with Crippen molar-refractivity contribution in [3.8, 4) is 0 Å². The van der Waals surface area contributed by atoms with E-state index < -0.39 is 5.82 Å². The Morgan fingerprint density at radius 2 is 2.20 bits per heavy atom. The lowest BCUT2D eigenvalue weighted by molar-refractivity contribution is 0.0759. The Morgan fingerprint density at radius 3 is 2.90 bits per heavy atom. The molecular formula is C16H23FN2O. The first-order valence-corrected chi connectivity index (χ1v) is 7.46. The average molecular weight is 278 g/mol. The Bertz CT molecular complexity index is 476. The zero-order chi connectivity index (χ0) is 14.5. The second kappa shape index (κ2) is 6.73. The van der Waals surface area contributed by atoms with Crippen LogP contribution in [0.1, 0.15) is 49.4 Å². The highest BCUT2D eigenvalue weighted by molar-refractivity contribution is 5.94. The molecule has 1 atom stereocenters. The minimum atomic E-state index is -0.519. The summed E-state index contributed by atoms with van der Waals surface area (Å²) < 4.78 is 13.5. The van der Waals surface area contributed by atoms with Crippen LogP contribution in [0.5, 0.6) is 0 Å². The van der Waals surface area contributed by atoms with Crippen molar-refractivity contribution >= 4 is 11.6 Å². The summed E-state index contributed by atoms with van der Waals surface area (Å²) in [6.07, 6.45) is 5.71. The van der Waals surface area contributed by atoms with Gasteiger partial charge in [0.25, 0.3) is 5.91 Å². The summed E-state index contributed by atoms with van der Waals surface area (Å²) in [7, 11) is 0. The molecule has 0 bridgehead atoms. The summed E-state index contributed by atoms with van der Waals surface area (Å²) in [4.78, 5) is 14.2. The minimum absolute atomic E-state index is 0.0824. The summed E-state index contributed by atoms with van der Waals surface area (Å²) in [5.41, 5.74) is 5.92. The molecule has 1 saturated heterocycles. The normalized spacial score (nSPS) is 19.7. The number of nitrogen functional groups attached to an aromatic ring is 1. The highest BCUT2D eigenvalue weighted by Gasteiger charge is 2.21. The first kappa shape index (κ1) is 14.8. The quantitative estimate of drug-likeness (QED) is 0.861. The SMILES string of the molecule is CCCC1CCCN(C(=O)c2ccc(N)c(F)c2)CC1. The fourth-order valence-corrected chi connectivity index (χ4v) is 2.91. The molecule has 2 rings (SSSR count). The van der Waals surface area contributed by atoms with Gasteiger partial charge in [0.1, 0.15) is 5.82 Å². The first-order valence-electron chi connectivity index (χ1n) is 7.46. The van der Waals surface area contributed by atoms with Gasteiger partial charge < -0.3 is 10.6 Å². The summed E-state index contributed by atoms with van der Waals surface area (Å²) in [5.74, 6) is 0.122. The standard InChI is InChI=1S/C16H23FN2O/c1-2-4-12-5-3-9-19(10-8-12)16(20)13-6-7-15(18)14(17)11-13/h6-7,11-12H,2-5,8-10,18H2,1H3. The maximum atomic E-state index is 13.5. The van der Waals surface area contributed by atoms with Crippen molar-refractivity contribution in [3.63, 3.8) is 0 Å². The van der Waals surface area contributed by atoms with Crippen LogP contribution in [0.25, 0.3) is 0 Å². The maximum Gasteiger partial charge on any atom is 0.253 e. The predicted octanol–water partition coefficient (Wildman–Crippen LogP) is 3.45. The summed E-state index contributed by atoms with van der Waals surface area (Å²) in [5, 5.41) is 0.